The van der Waals surface area contributed by atoms with Crippen LogP contribution in [0.15, 0.2) is 6.07 Å². The van der Waals surface area contributed by atoms with Gasteiger partial charge in [-0.3, -0.25) is 4.79 Å². The molecule has 3 rings (SSSR count). The molecule has 0 saturated carbocycles. The molecule has 136 valence electrons. The van der Waals surface area contributed by atoms with Gasteiger partial charge >= 0.3 is 0 Å². The second kappa shape index (κ2) is 9.20. The lowest BCUT2D eigenvalue weighted by atomic mass is 10.1. The number of aromatic nitrogens is 1. The molecule has 1 unspecified atom stereocenters. The summed E-state index contributed by atoms with van der Waals surface area (Å²) in [5, 5.41) is 1.05. The van der Waals surface area contributed by atoms with Gasteiger partial charge in [-0.1, -0.05) is 11.3 Å². The number of nitrogens with zero attached hydrogens (tertiary/aromatic N) is 3. The van der Waals surface area contributed by atoms with Crippen molar-refractivity contribution in [3.8, 4) is 0 Å². The number of halogens is 2. The number of nitrogens with two attached hydrogens (primary N) is 1. The summed E-state index contributed by atoms with van der Waals surface area (Å²) in [4.78, 5) is 23.2. The van der Waals surface area contributed by atoms with E-state index in [-0.39, 0.29) is 30.7 Å². The van der Waals surface area contributed by atoms with Gasteiger partial charge in [-0.15, -0.1) is 36.2 Å². The largest absolute Gasteiger partial charge is 0.349 e. The van der Waals surface area contributed by atoms with Gasteiger partial charge in [0, 0.05) is 26.2 Å². The summed E-state index contributed by atoms with van der Waals surface area (Å²) in [5.74, 6) is 0.591. The Balaban J connectivity index is 0.00000144. The van der Waals surface area contributed by atoms with Gasteiger partial charge in [0.15, 0.2) is 5.13 Å². The van der Waals surface area contributed by atoms with Gasteiger partial charge in [0.2, 0.25) is 0 Å². The average molecular weight is 411 g/mol. The minimum Gasteiger partial charge on any atom is -0.349 e. The van der Waals surface area contributed by atoms with Crippen molar-refractivity contribution in [1.82, 2.24) is 9.88 Å². The molecule has 0 bridgehead atoms. The Morgan fingerprint density at radius 3 is 2.62 bits per heavy atom. The minimum absolute atomic E-state index is 0. The van der Waals surface area contributed by atoms with Crippen LogP contribution < -0.4 is 10.6 Å². The number of amides is 1. The van der Waals surface area contributed by atoms with Crippen LogP contribution in [0.2, 0.25) is 0 Å². The van der Waals surface area contributed by atoms with Gasteiger partial charge in [-0.25, -0.2) is 4.98 Å². The third-order valence-electron chi connectivity index (χ3n) is 4.23. The molecule has 0 radical (unpaired) electrons. The van der Waals surface area contributed by atoms with Crippen LogP contribution in [0.5, 0.6) is 0 Å². The highest BCUT2D eigenvalue weighted by Crippen LogP contribution is 2.35. The van der Waals surface area contributed by atoms with Crippen molar-refractivity contribution in [3.05, 3.63) is 10.9 Å². The molecule has 2 aromatic heterocycles. The summed E-state index contributed by atoms with van der Waals surface area (Å²) >= 11 is 3.19. The third kappa shape index (κ3) is 4.14. The molecule has 1 atom stereocenters. The fourth-order valence-corrected chi connectivity index (χ4v) is 5.13. The van der Waals surface area contributed by atoms with Crippen LogP contribution in [0, 0.1) is 5.92 Å². The van der Waals surface area contributed by atoms with Crippen molar-refractivity contribution in [2.45, 2.75) is 20.3 Å². The molecule has 1 saturated heterocycles. The minimum atomic E-state index is 0. The Kier molecular flexibility index (Phi) is 8.22. The lowest BCUT2D eigenvalue weighted by molar-refractivity contribution is 0.0792. The van der Waals surface area contributed by atoms with E-state index in [2.05, 4.69) is 23.7 Å². The topological polar surface area (TPSA) is 62.5 Å². The van der Waals surface area contributed by atoms with Gasteiger partial charge < -0.3 is 15.5 Å². The van der Waals surface area contributed by atoms with E-state index in [0.29, 0.717) is 12.5 Å². The number of carbonyl (C=O) groups is 1. The zero-order chi connectivity index (χ0) is 15.7. The SMILES string of the molecule is CCN(CC)c1nc2sc(C(=O)N3CCC(CN)C3)cc2s1.Cl.Cl. The van der Waals surface area contributed by atoms with E-state index >= 15 is 0 Å². The molecule has 3 heterocycles. The number of hydrogen-bond acceptors (Lipinski definition) is 6. The molecule has 0 aliphatic carbocycles. The number of fused-ring (bicyclic) bond motifs is 1. The van der Waals surface area contributed by atoms with E-state index < -0.39 is 0 Å². The van der Waals surface area contributed by atoms with Crippen molar-refractivity contribution in [2.75, 3.05) is 37.6 Å². The number of thiazole rings is 1. The number of carbonyl (C=O) groups excluding carboxylic acids is 1. The molecule has 1 aliphatic heterocycles. The molecule has 5 nitrogen and oxygen atoms in total. The molecule has 0 spiro atoms. The molecule has 2 aromatic rings. The van der Waals surface area contributed by atoms with Crippen LogP contribution in [0.3, 0.4) is 0 Å². The van der Waals surface area contributed by atoms with Gasteiger partial charge in [0.1, 0.15) is 4.83 Å². The Hall–Kier alpha value is -0.600. The second-order valence-corrected chi connectivity index (χ2v) is 7.63. The molecule has 0 aromatic carbocycles. The van der Waals surface area contributed by atoms with E-state index in [1.165, 1.54) is 11.3 Å². The van der Waals surface area contributed by atoms with E-state index in [1.807, 2.05) is 11.0 Å². The maximum absolute atomic E-state index is 12.6. The molecular formula is C15H24Cl2N4OS2. The molecular weight excluding hydrogens is 387 g/mol. The van der Waals surface area contributed by atoms with Crippen LogP contribution in [-0.2, 0) is 0 Å². The van der Waals surface area contributed by atoms with E-state index in [9.17, 15) is 4.79 Å². The summed E-state index contributed by atoms with van der Waals surface area (Å²) in [5.41, 5.74) is 5.70. The van der Waals surface area contributed by atoms with Gasteiger partial charge in [0.25, 0.3) is 5.91 Å². The fraction of sp³-hybridized carbons (Fsp3) is 0.600. The van der Waals surface area contributed by atoms with Crippen molar-refractivity contribution in [1.29, 1.82) is 0 Å². The zero-order valence-electron chi connectivity index (χ0n) is 13.9. The predicted molar refractivity (Wildman–Crippen MR) is 109 cm³/mol. The first kappa shape index (κ1) is 21.4. The van der Waals surface area contributed by atoms with E-state index in [4.69, 9.17) is 5.73 Å². The first-order valence-corrected chi connectivity index (χ1v) is 9.44. The Morgan fingerprint density at radius 2 is 2.08 bits per heavy atom. The molecule has 24 heavy (non-hydrogen) atoms. The van der Waals surface area contributed by atoms with Crippen molar-refractivity contribution < 1.29 is 4.79 Å². The quantitative estimate of drug-likeness (QED) is 0.819. The van der Waals surface area contributed by atoms with Crippen molar-refractivity contribution in [2.24, 2.45) is 11.7 Å². The van der Waals surface area contributed by atoms with E-state index in [1.54, 1.807) is 11.3 Å². The number of thiophene rings is 1. The highest BCUT2D eigenvalue weighted by Gasteiger charge is 2.27. The van der Waals surface area contributed by atoms with Crippen LogP contribution in [-0.4, -0.2) is 48.5 Å². The van der Waals surface area contributed by atoms with Crippen LogP contribution in [0.4, 0.5) is 5.13 Å². The molecule has 1 aliphatic rings. The monoisotopic (exact) mass is 410 g/mol. The lowest BCUT2D eigenvalue weighted by Gasteiger charge is -2.16. The molecule has 1 amide bonds. The van der Waals surface area contributed by atoms with Gasteiger partial charge in [-0.2, -0.15) is 0 Å². The average Bonchev–Trinajstić information content (AvgIpc) is 3.21. The highest BCUT2D eigenvalue weighted by atomic mass is 35.5. The Morgan fingerprint density at radius 1 is 1.38 bits per heavy atom. The van der Waals surface area contributed by atoms with Gasteiger partial charge in [0.05, 0.1) is 9.58 Å². The van der Waals surface area contributed by atoms with Crippen LogP contribution in [0.1, 0.15) is 29.9 Å². The zero-order valence-corrected chi connectivity index (χ0v) is 17.1. The standard InChI is InChI=1S/C15H22N4OS2.2ClH/c1-3-18(4-2)15-17-13-11(22-15)7-12(21-13)14(20)19-6-5-10(8-16)9-19;;/h7,10H,3-6,8-9,16H2,1-2H3;2*1H. The number of hydrogen-bond donors (Lipinski definition) is 1. The first-order chi connectivity index (χ1) is 10.7. The molecule has 9 heteroatoms. The maximum Gasteiger partial charge on any atom is 0.264 e. The highest BCUT2D eigenvalue weighted by molar-refractivity contribution is 7.29. The predicted octanol–water partition coefficient (Wildman–Crippen LogP) is 3.47. The Bertz CT molecular complexity index is 640. The Labute approximate surface area is 163 Å². The van der Waals surface area contributed by atoms with Crippen molar-refractivity contribution in [3.63, 3.8) is 0 Å². The van der Waals surface area contributed by atoms with Crippen LogP contribution in [0.25, 0.3) is 9.53 Å². The summed E-state index contributed by atoms with van der Waals surface area (Å²) in [6.07, 6.45) is 1.02. The lowest BCUT2D eigenvalue weighted by Crippen LogP contribution is -2.29. The van der Waals surface area contributed by atoms with Gasteiger partial charge in [-0.05, 0) is 38.8 Å². The summed E-state index contributed by atoms with van der Waals surface area (Å²) in [6, 6.07) is 2.00. The maximum atomic E-state index is 12.6. The molecule has 2 N–H and O–H groups in total. The number of rotatable bonds is 5. The third-order valence-corrected chi connectivity index (χ3v) is 6.44. The molecule has 1 fully saturated rings. The normalized spacial score (nSPS) is 16.8. The second-order valence-electron chi connectivity index (χ2n) is 5.59. The van der Waals surface area contributed by atoms with E-state index in [0.717, 1.165) is 52.1 Å². The number of likely N-dealkylation sites (tertiary alicyclic amines) is 1. The fourth-order valence-electron chi connectivity index (χ4n) is 2.82. The summed E-state index contributed by atoms with van der Waals surface area (Å²) < 4.78 is 1.12. The van der Waals surface area contributed by atoms with Crippen molar-refractivity contribution >= 4 is 68.1 Å². The summed E-state index contributed by atoms with van der Waals surface area (Å²) in [6.45, 7) is 8.46. The first-order valence-electron chi connectivity index (χ1n) is 7.80. The smallest absolute Gasteiger partial charge is 0.264 e. The summed E-state index contributed by atoms with van der Waals surface area (Å²) in [7, 11) is 0. The van der Waals surface area contributed by atoms with Crippen LogP contribution >= 0.6 is 47.5 Å². The number of anilines is 1.